The highest BCUT2D eigenvalue weighted by Gasteiger charge is 2.47. The Labute approximate surface area is 148 Å². The van der Waals surface area contributed by atoms with Crippen molar-refractivity contribution in [1.82, 2.24) is 10.2 Å². The molecular formula is C18H36N2O3Si. The van der Waals surface area contributed by atoms with Gasteiger partial charge in [-0.1, -0.05) is 20.8 Å². The fraction of sp³-hybridized carbons (Fsp3) is 0.944. The lowest BCUT2D eigenvalue weighted by molar-refractivity contribution is 0.000824. The van der Waals surface area contributed by atoms with E-state index in [0.717, 1.165) is 19.4 Å². The van der Waals surface area contributed by atoms with Crippen LogP contribution in [0.1, 0.15) is 54.4 Å². The molecule has 2 aliphatic heterocycles. The van der Waals surface area contributed by atoms with E-state index in [0.29, 0.717) is 6.61 Å². The van der Waals surface area contributed by atoms with Crippen LogP contribution in [-0.4, -0.2) is 56.2 Å². The minimum absolute atomic E-state index is 0.172. The second-order valence-corrected chi connectivity index (χ2v) is 14.6. The summed E-state index contributed by atoms with van der Waals surface area (Å²) in [6.45, 7) is 18.6. The van der Waals surface area contributed by atoms with Crippen LogP contribution in [0.4, 0.5) is 4.79 Å². The normalized spacial score (nSPS) is 28.2. The molecule has 0 spiro atoms. The van der Waals surface area contributed by atoms with Crippen LogP contribution in [0.15, 0.2) is 0 Å². The molecule has 2 heterocycles. The third kappa shape index (κ3) is 4.32. The molecule has 2 rings (SSSR count). The topological polar surface area (TPSA) is 50.8 Å². The molecule has 0 aromatic rings. The molecule has 0 radical (unpaired) electrons. The lowest BCUT2D eigenvalue weighted by Crippen LogP contribution is -2.62. The van der Waals surface area contributed by atoms with Crippen LogP contribution >= 0.6 is 0 Å². The Morgan fingerprint density at radius 2 is 1.79 bits per heavy atom. The molecule has 2 saturated heterocycles. The van der Waals surface area contributed by atoms with Crippen molar-refractivity contribution in [3.63, 3.8) is 0 Å². The Kier molecular flexibility index (Phi) is 5.44. The number of ether oxygens (including phenoxy) is 1. The van der Waals surface area contributed by atoms with Crippen molar-refractivity contribution in [2.75, 3.05) is 13.2 Å². The molecule has 6 heteroatoms. The van der Waals surface area contributed by atoms with Gasteiger partial charge in [-0.25, -0.2) is 4.79 Å². The summed E-state index contributed by atoms with van der Waals surface area (Å²) >= 11 is 0. The van der Waals surface area contributed by atoms with Crippen LogP contribution in [0.2, 0.25) is 18.1 Å². The van der Waals surface area contributed by atoms with Gasteiger partial charge in [-0.2, -0.15) is 0 Å². The summed E-state index contributed by atoms with van der Waals surface area (Å²) in [4.78, 5) is 14.6. The number of hydrogen-bond acceptors (Lipinski definition) is 4. The largest absolute Gasteiger partial charge is 0.444 e. The van der Waals surface area contributed by atoms with Crippen molar-refractivity contribution in [2.45, 2.75) is 96.2 Å². The number of nitrogens with zero attached hydrogens (tertiary/aromatic N) is 1. The summed E-state index contributed by atoms with van der Waals surface area (Å²) in [5, 5.41) is 3.80. The van der Waals surface area contributed by atoms with Crippen LogP contribution in [-0.2, 0) is 9.16 Å². The molecule has 1 N–H and O–H groups in total. The molecule has 1 amide bonds. The van der Waals surface area contributed by atoms with Gasteiger partial charge < -0.3 is 14.5 Å². The van der Waals surface area contributed by atoms with Crippen molar-refractivity contribution in [2.24, 2.45) is 0 Å². The average molecular weight is 357 g/mol. The van der Waals surface area contributed by atoms with E-state index in [-0.39, 0.29) is 29.3 Å². The van der Waals surface area contributed by atoms with E-state index in [4.69, 9.17) is 9.16 Å². The number of hydrogen-bond donors (Lipinski definition) is 1. The number of nitrogens with one attached hydrogen (secondary N) is 1. The van der Waals surface area contributed by atoms with E-state index in [1.807, 2.05) is 25.7 Å². The SMILES string of the molecule is CC(C)(C)OC(=O)N1[C@@H]2CC[C@H]1C(CO[Si](C)(C)C(C)(C)C)NC2. The zero-order valence-corrected chi connectivity index (χ0v) is 17.7. The highest BCUT2D eigenvalue weighted by molar-refractivity contribution is 6.74. The third-order valence-corrected chi connectivity index (χ3v) is 10.2. The van der Waals surface area contributed by atoms with Crippen LogP contribution in [0.5, 0.6) is 0 Å². The highest BCUT2D eigenvalue weighted by atomic mass is 28.4. The molecule has 2 fully saturated rings. The van der Waals surface area contributed by atoms with E-state index in [1.54, 1.807) is 0 Å². The van der Waals surface area contributed by atoms with Gasteiger partial charge in [-0.05, 0) is 51.7 Å². The predicted molar refractivity (Wildman–Crippen MR) is 99.8 cm³/mol. The molecule has 3 atom stereocenters. The number of carbonyl (C=O) groups excluding carboxylic acids is 1. The fourth-order valence-corrected chi connectivity index (χ4v) is 4.24. The molecule has 2 aliphatic rings. The quantitative estimate of drug-likeness (QED) is 0.783. The Morgan fingerprint density at radius 3 is 2.33 bits per heavy atom. The van der Waals surface area contributed by atoms with Gasteiger partial charge in [0.05, 0.1) is 12.6 Å². The number of rotatable bonds is 3. The number of carbonyl (C=O) groups is 1. The molecule has 5 nitrogen and oxygen atoms in total. The zero-order chi connectivity index (χ0) is 18.3. The summed E-state index contributed by atoms with van der Waals surface area (Å²) in [7, 11) is -1.78. The van der Waals surface area contributed by atoms with E-state index < -0.39 is 13.9 Å². The predicted octanol–water partition coefficient (Wildman–Crippen LogP) is 3.75. The van der Waals surface area contributed by atoms with Gasteiger partial charge in [0, 0.05) is 18.6 Å². The smallest absolute Gasteiger partial charge is 0.410 e. The summed E-state index contributed by atoms with van der Waals surface area (Å²) in [5.74, 6) is 0. The van der Waals surface area contributed by atoms with Gasteiger partial charge in [0.2, 0.25) is 0 Å². The van der Waals surface area contributed by atoms with E-state index in [2.05, 4.69) is 39.2 Å². The van der Waals surface area contributed by atoms with Gasteiger partial charge in [-0.15, -0.1) is 0 Å². The Bertz CT molecular complexity index is 468. The average Bonchev–Trinajstić information content (AvgIpc) is 2.70. The van der Waals surface area contributed by atoms with Gasteiger partial charge in [0.25, 0.3) is 0 Å². The van der Waals surface area contributed by atoms with Crippen molar-refractivity contribution in [1.29, 1.82) is 0 Å². The lowest BCUT2D eigenvalue weighted by atomic mass is 10.1. The maximum absolute atomic E-state index is 12.6. The summed E-state index contributed by atoms with van der Waals surface area (Å²) in [6.07, 6.45) is 1.91. The molecule has 140 valence electrons. The van der Waals surface area contributed by atoms with Crippen molar-refractivity contribution < 1.29 is 14.0 Å². The van der Waals surface area contributed by atoms with Crippen LogP contribution in [0.25, 0.3) is 0 Å². The first-order valence-electron chi connectivity index (χ1n) is 9.20. The van der Waals surface area contributed by atoms with Crippen LogP contribution in [0, 0.1) is 0 Å². The zero-order valence-electron chi connectivity index (χ0n) is 16.7. The monoisotopic (exact) mass is 356 g/mol. The first-order chi connectivity index (χ1) is 10.8. The molecule has 0 aromatic heterocycles. The Hall–Kier alpha value is -0.593. The second kappa shape index (κ2) is 6.61. The Morgan fingerprint density at radius 1 is 1.17 bits per heavy atom. The van der Waals surface area contributed by atoms with Gasteiger partial charge in [0.1, 0.15) is 5.60 Å². The van der Waals surface area contributed by atoms with Crippen LogP contribution < -0.4 is 5.32 Å². The number of piperazine rings is 1. The molecular weight excluding hydrogens is 320 g/mol. The van der Waals surface area contributed by atoms with Gasteiger partial charge in [0.15, 0.2) is 8.32 Å². The van der Waals surface area contributed by atoms with E-state index >= 15 is 0 Å². The summed E-state index contributed by atoms with van der Waals surface area (Å²) < 4.78 is 12.0. The standard InChI is InChI=1S/C18H36N2O3Si/c1-17(2,3)23-16(21)20-13-9-10-15(20)14(19-11-13)12-22-24(7,8)18(4,5)6/h13-15,19H,9-12H2,1-8H3/t13-,14?,15+/m1/s1. The van der Waals surface area contributed by atoms with Crippen molar-refractivity contribution in [3.05, 3.63) is 0 Å². The minimum atomic E-state index is -1.78. The van der Waals surface area contributed by atoms with Crippen molar-refractivity contribution >= 4 is 14.4 Å². The minimum Gasteiger partial charge on any atom is -0.444 e. The fourth-order valence-electron chi connectivity index (χ4n) is 3.21. The molecule has 0 saturated carbocycles. The molecule has 24 heavy (non-hydrogen) atoms. The van der Waals surface area contributed by atoms with Crippen LogP contribution in [0.3, 0.4) is 0 Å². The van der Waals surface area contributed by atoms with Gasteiger partial charge >= 0.3 is 6.09 Å². The van der Waals surface area contributed by atoms with Gasteiger partial charge in [-0.3, -0.25) is 4.90 Å². The maximum Gasteiger partial charge on any atom is 0.410 e. The maximum atomic E-state index is 12.6. The first-order valence-corrected chi connectivity index (χ1v) is 12.1. The molecule has 2 bridgehead atoms. The summed E-state index contributed by atoms with van der Waals surface area (Å²) in [5.41, 5.74) is -0.450. The summed E-state index contributed by atoms with van der Waals surface area (Å²) in [6, 6.07) is 0.641. The Balaban J connectivity index is 2.02. The van der Waals surface area contributed by atoms with E-state index in [9.17, 15) is 4.79 Å². The van der Waals surface area contributed by atoms with Crippen molar-refractivity contribution in [3.8, 4) is 0 Å². The molecule has 0 aliphatic carbocycles. The number of amides is 1. The van der Waals surface area contributed by atoms with E-state index in [1.165, 1.54) is 0 Å². The third-order valence-electron chi connectivity index (χ3n) is 5.66. The lowest BCUT2D eigenvalue weighted by Gasteiger charge is -2.43. The first kappa shape index (κ1) is 19.7. The molecule has 0 aromatic carbocycles. The highest BCUT2D eigenvalue weighted by Crippen LogP contribution is 2.37. The number of fused-ring (bicyclic) bond motifs is 2. The molecule has 1 unspecified atom stereocenters. The second-order valence-electron chi connectivity index (χ2n) is 9.77.